The van der Waals surface area contributed by atoms with Crippen molar-refractivity contribution in [1.82, 2.24) is 14.9 Å². The molecule has 1 aliphatic carbocycles. The summed E-state index contributed by atoms with van der Waals surface area (Å²) in [6.07, 6.45) is 2.04. The van der Waals surface area contributed by atoms with Crippen molar-refractivity contribution in [2.75, 3.05) is 19.4 Å². The smallest absolute Gasteiger partial charge is 0.227 e. The van der Waals surface area contributed by atoms with Gasteiger partial charge in [-0.1, -0.05) is 0 Å². The molecule has 1 aromatic heterocycles. The zero-order chi connectivity index (χ0) is 13.4. The maximum absolute atomic E-state index is 11.7. The summed E-state index contributed by atoms with van der Waals surface area (Å²) >= 11 is 0. The van der Waals surface area contributed by atoms with Crippen LogP contribution in [0.15, 0.2) is 18.2 Å². The van der Waals surface area contributed by atoms with Crippen molar-refractivity contribution in [2.45, 2.75) is 19.4 Å². The number of hydrogen-bond donors (Lipinski definition) is 2. The summed E-state index contributed by atoms with van der Waals surface area (Å²) in [6.45, 7) is 0.776. The first-order chi connectivity index (χ1) is 9.11. The number of aromatic amines is 1. The monoisotopic (exact) mass is 258 g/mol. The number of rotatable bonds is 4. The van der Waals surface area contributed by atoms with Gasteiger partial charge in [0, 0.05) is 11.6 Å². The number of amides is 1. The summed E-state index contributed by atoms with van der Waals surface area (Å²) in [5.74, 6) is 1.29. The first-order valence-corrected chi connectivity index (χ1v) is 6.56. The van der Waals surface area contributed by atoms with E-state index in [1.54, 1.807) is 0 Å². The Morgan fingerprint density at radius 2 is 2.26 bits per heavy atom. The van der Waals surface area contributed by atoms with Crippen LogP contribution in [-0.4, -0.2) is 34.9 Å². The predicted molar refractivity (Wildman–Crippen MR) is 74.8 cm³/mol. The fourth-order valence-corrected chi connectivity index (χ4v) is 2.10. The van der Waals surface area contributed by atoms with E-state index in [9.17, 15) is 4.79 Å². The molecule has 1 fully saturated rings. The number of fused-ring (bicyclic) bond motifs is 1. The Bertz CT molecular complexity index is 613. The Labute approximate surface area is 112 Å². The van der Waals surface area contributed by atoms with Crippen LogP contribution < -0.4 is 5.32 Å². The molecular weight excluding hydrogens is 240 g/mol. The minimum absolute atomic E-state index is 0.132. The predicted octanol–water partition coefficient (Wildman–Crippen LogP) is 1.97. The van der Waals surface area contributed by atoms with E-state index in [1.807, 2.05) is 32.3 Å². The summed E-state index contributed by atoms with van der Waals surface area (Å²) in [6, 6.07) is 5.79. The average molecular weight is 258 g/mol. The zero-order valence-corrected chi connectivity index (χ0v) is 11.2. The lowest BCUT2D eigenvalue weighted by Crippen LogP contribution is -2.13. The van der Waals surface area contributed by atoms with E-state index < -0.39 is 0 Å². The van der Waals surface area contributed by atoms with E-state index in [0.29, 0.717) is 0 Å². The lowest BCUT2D eigenvalue weighted by atomic mass is 10.2. The van der Waals surface area contributed by atoms with Gasteiger partial charge in [-0.05, 0) is 45.1 Å². The van der Waals surface area contributed by atoms with Crippen molar-refractivity contribution in [3.05, 3.63) is 24.0 Å². The Morgan fingerprint density at radius 3 is 2.95 bits per heavy atom. The van der Waals surface area contributed by atoms with Crippen LogP contribution in [0.2, 0.25) is 0 Å². The molecule has 1 aliphatic rings. The highest BCUT2D eigenvalue weighted by Crippen LogP contribution is 2.30. The van der Waals surface area contributed by atoms with E-state index in [4.69, 9.17) is 0 Å². The van der Waals surface area contributed by atoms with E-state index in [-0.39, 0.29) is 11.8 Å². The second-order valence-corrected chi connectivity index (χ2v) is 5.42. The molecule has 1 heterocycles. The SMILES string of the molecule is CN(C)Cc1nc2ccc(NC(=O)C3CC3)cc2[nH]1. The van der Waals surface area contributed by atoms with E-state index >= 15 is 0 Å². The van der Waals surface area contributed by atoms with Gasteiger partial charge >= 0.3 is 0 Å². The summed E-state index contributed by atoms with van der Waals surface area (Å²) < 4.78 is 0. The van der Waals surface area contributed by atoms with Crippen molar-refractivity contribution in [2.24, 2.45) is 5.92 Å². The molecule has 2 aromatic rings. The third-order valence-electron chi connectivity index (χ3n) is 3.21. The number of aromatic nitrogens is 2. The molecule has 1 aromatic carbocycles. The van der Waals surface area contributed by atoms with Gasteiger partial charge in [0.05, 0.1) is 17.6 Å². The topological polar surface area (TPSA) is 61.0 Å². The fraction of sp³-hybridized carbons (Fsp3) is 0.429. The Hall–Kier alpha value is -1.88. The Balaban J connectivity index is 1.81. The van der Waals surface area contributed by atoms with E-state index in [2.05, 4.69) is 20.2 Å². The summed E-state index contributed by atoms with van der Waals surface area (Å²) in [5, 5.41) is 2.95. The number of nitrogens with one attached hydrogen (secondary N) is 2. The molecule has 5 nitrogen and oxygen atoms in total. The van der Waals surface area contributed by atoms with Crippen molar-refractivity contribution in [3.63, 3.8) is 0 Å². The zero-order valence-electron chi connectivity index (χ0n) is 11.2. The maximum Gasteiger partial charge on any atom is 0.227 e. The fourth-order valence-electron chi connectivity index (χ4n) is 2.10. The number of H-pyrrole nitrogens is 1. The molecule has 0 saturated heterocycles. The third kappa shape index (κ3) is 2.76. The molecule has 0 radical (unpaired) electrons. The molecule has 0 bridgehead atoms. The van der Waals surface area contributed by atoms with E-state index in [1.165, 1.54) is 0 Å². The van der Waals surface area contributed by atoms with Crippen LogP contribution in [0.3, 0.4) is 0 Å². The molecular formula is C14H18N4O. The molecule has 1 amide bonds. The molecule has 0 atom stereocenters. The highest BCUT2D eigenvalue weighted by atomic mass is 16.2. The average Bonchev–Trinajstić information content (AvgIpc) is 3.10. The highest BCUT2D eigenvalue weighted by molar-refractivity contribution is 5.95. The lowest BCUT2D eigenvalue weighted by Gasteiger charge is -2.05. The van der Waals surface area contributed by atoms with Gasteiger partial charge in [0.25, 0.3) is 0 Å². The molecule has 2 N–H and O–H groups in total. The first kappa shape index (κ1) is 12.2. The van der Waals surface area contributed by atoms with Crippen molar-refractivity contribution in [3.8, 4) is 0 Å². The molecule has 3 rings (SSSR count). The van der Waals surface area contributed by atoms with Crippen LogP contribution in [0.4, 0.5) is 5.69 Å². The summed E-state index contributed by atoms with van der Waals surface area (Å²) in [4.78, 5) is 21.6. The quantitative estimate of drug-likeness (QED) is 0.881. The number of carbonyl (C=O) groups is 1. The number of benzene rings is 1. The number of carbonyl (C=O) groups excluding carboxylic acids is 1. The largest absolute Gasteiger partial charge is 0.341 e. The first-order valence-electron chi connectivity index (χ1n) is 6.56. The van der Waals surface area contributed by atoms with Gasteiger partial charge in [0.15, 0.2) is 0 Å². The van der Waals surface area contributed by atoms with Gasteiger partial charge in [-0.25, -0.2) is 4.98 Å². The van der Waals surface area contributed by atoms with Crippen LogP contribution in [0.25, 0.3) is 11.0 Å². The van der Waals surface area contributed by atoms with Gasteiger partial charge in [-0.3, -0.25) is 4.79 Å². The van der Waals surface area contributed by atoms with Crippen LogP contribution in [0.5, 0.6) is 0 Å². The molecule has 5 heteroatoms. The van der Waals surface area contributed by atoms with Gasteiger partial charge < -0.3 is 15.2 Å². The van der Waals surface area contributed by atoms with Crippen LogP contribution in [0, 0.1) is 5.92 Å². The van der Waals surface area contributed by atoms with Gasteiger partial charge in [-0.15, -0.1) is 0 Å². The molecule has 19 heavy (non-hydrogen) atoms. The van der Waals surface area contributed by atoms with Crippen molar-refractivity contribution in [1.29, 1.82) is 0 Å². The molecule has 0 unspecified atom stereocenters. The highest BCUT2D eigenvalue weighted by Gasteiger charge is 2.29. The van der Waals surface area contributed by atoms with Crippen LogP contribution in [-0.2, 0) is 11.3 Å². The minimum Gasteiger partial charge on any atom is -0.341 e. The second kappa shape index (κ2) is 4.66. The van der Waals surface area contributed by atoms with E-state index in [0.717, 1.165) is 41.9 Å². The van der Waals surface area contributed by atoms with Crippen molar-refractivity contribution < 1.29 is 4.79 Å². The molecule has 0 aliphatic heterocycles. The van der Waals surface area contributed by atoms with Gasteiger partial charge in [0.2, 0.25) is 5.91 Å². The van der Waals surface area contributed by atoms with Crippen LogP contribution >= 0.6 is 0 Å². The normalized spacial score (nSPS) is 15.1. The molecule has 0 spiro atoms. The number of imidazole rings is 1. The van der Waals surface area contributed by atoms with Gasteiger partial charge in [-0.2, -0.15) is 0 Å². The number of hydrogen-bond acceptors (Lipinski definition) is 3. The molecule has 1 saturated carbocycles. The third-order valence-corrected chi connectivity index (χ3v) is 3.21. The standard InChI is InChI=1S/C14H18N4O/c1-18(2)8-13-16-11-6-5-10(7-12(11)17-13)15-14(19)9-3-4-9/h5-7,9H,3-4,8H2,1-2H3,(H,15,19)(H,16,17). The second-order valence-electron chi connectivity index (χ2n) is 5.42. The maximum atomic E-state index is 11.7. The van der Waals surface area contributed by atoms with Crippen molar-refractivity contribution >= 4 is 22.6 Å². The number of nitrogens with zero attached hydrogens (tertiary/aromatic N) is 2. The summed E-state index contributed by atoms with van der Waals surface area (Å²) in [5.41, 5.74) is 2.73. The number of anilines is 1. The summed E-state index contributed by atoms with van der Waals surface area (Å²) in [7, 11) is 4.02. The van der Waals surface area contributed by atoms with Crippen LogP contribution in [0.1, 0.15) is 18.7 Å². The molecule has 100 valence electrons. The minimum atomic E-state index is 0.132. The Morgan fingerprint density at radius 1 is 1.47 bits per heavy atom. The van der Waals surface area contributed by atoms with Gasteiger partial charge in [0.1, 0.15) is 5.82 Å². The lowest BCUT2D eigenvalue weighted by molar-refractivity contribution is -0.117. The Kier molecular flexibility index (Phi) is 2.98.